The summed E-state index contributed by atoms with van der Waals surface area (Å²) < 4.78 is 10.8. The monoisotopic (exact) mass is 359 g/mol. The van der Waals surface area contributed by atoms with Crippen molar-refractivity contribution in [1.82, 2.24) is 4.90 Å². The number of rotatable bonds is 2. The Morgan fingerprint density at radius 1 is 1.22 bits per heavy atom. The Kier molecular flexibility index (Phi) is 5.69. The number of amides is 1. The van der Waals surface area contributed by atoms with Crippen LogP contribution in [0.3, 0.4) is 0 Å². The highest BCUT2D eigenvalue weighted by atomic mass is 35.5. The zero-order valence-electron chi connectivity index (χ0n) is 14.0. The van der Waals surface area contributed by atoms with Crippen molar-refractivity contribution in [3.05, 3.63) is 27.7 Å². The maximum atomic E-state index is 12.1. The zero-order valence-corrected chi connectivity index (χ0v) is 15.5. The van der Waals surface area contributed by atoms with E-state index < -0.39 is 5.60 Å². The second-order valence-corrected chi connectivity index (χ2v) is 7.50. The molecule has 128 valence electrons. The number of halogens is 2. The van der Waals surface area contributed by atoms with E-state index in [9.17, 15) is 4.79 Å². The number of hydrogen-bond donors (Lipinski definition) is 0. The topological polar surface area (TPSA) is 38.8 Å². The van der Waals surface area contributed by atoms with Crippen molar-refractivity contribution in [1.29, 1.82) is 0 Å². The normalized spacial score (nSPS) is 16.3. The lowest BCUT2D eigenvalue weighted by Gasteiger charge is -2.34. The highest BCUT2D eigenvalue weighted by molar-refractivity contribution is 6.42. The first kappa shape index (κ1) is 18.2. The Hall–Kier alpha value is -1.13. The third-order valence-electron chi connectivity index (χ3n) is 3.87. The molecule has 1 aliphatic heterocycles. The van der Waals surface area contributed by atoms with Crippen molar-refractivity contribution in [2.75, 3.05) is 20.2 Å². The number of benzene rings is 1. The van der Waals surface area contributed by atoms with E-state index in [1.54, 1.807) is 18.1 Å². The van der Waals surface area contributed by atoms with E-state index in [-0.39, 0.29) is 12.0 Å². The summed E-state index contributed by atoms with van der Waals surface area (Å²) in [7, 11) is 1.62. The van der Waals surface area contributed by atoms with Gasteiger partial charge < -0.3 is 14.4 Å². The fourth-order valence-corrected chi connectivity index (χ4v) is 3.26. The number of carbonyl (C=O) groups is 1. The Labute approximate surface area is 147 Å². The molecule has 23 heavy (non-hydrogen) atoms. The van der Waals surface area contributed by atoms with Crippen molar-refractivity contribution in [3.8, 4) is 5.75 Å². The minimum absolute atomic E-state index is 0.217. The van der Waals surface area contributed by atoms with Crippen molar-refractivity contribution < 1.29 is 14.3 Å². The molecule has 0 saturated carbocycles. The molecule has 0 aromatic heterocycles. The predicted molar refractivity (Wildman–Crippen MR) is 92.8 cm³/mol. The van der Waals surface area contributed by atoms with Crippen LogP contribution in [0.1, 0.15) is 45.1 Å². The fraction of sp³-hybridized carbons (Fsp3) is 0.588. The van der Waals surface area contributed by atoms with Crippen molar-refractivity contribution in [2.45, 2.75) is 45.1 Å². The number of likely N-dealkylation sites (tertiary alicyclic amines) is 1. The van der Waals surface area contributed by atoms with Crippen LogP contribution in [0.5, 0.6) is 5.75 Å². The SMILES string of the molecule is COc1ccc(Cl)c(Cl)c1C1CCN(C(=O)OC(C)(C)C)CC1. The predicted octanol–water partition coefficient (Wildman–Crippen LogP) is 5.12. The maximum absolute atomic E-state index is 12.1. The summed E-state index contributed by atoms with van der Waals surface area (Å²) in [4.78, 5) is 13.9. The molecular weight excluding hydrogens is 337 g/mol. The van der Waals surface area contributed by atoms with Gasteiger partial charge in [0.1, 0.15) is 11.4 Å². The van der Waals surface area contributed by atoms with Gasteiger partial charge in [0.15, 0.2) is 0 Å². The summed E-state index contributed by atoms with van der Waals surface area (Å²) in [6, 6.07) is 3.58. The smallest absolute Gasteiger partial charge is 0.410 e. The summed E-state index contributed by atoms with van der Waals surface area (Å²) in [6.45, 7) is 6.87. The third kappa shape index (κ3) is 4.45. The van der Waals surface area contributed by atoms with Crippen LogP contribution in [0, 0.1) is 0 Å². The molecule has 1 aliphatic rings. The average molecular weight is 360 g/mol. The molecular formula is C17H23Cl2NO3. The van der Waals surface area contributed by atoms with Crippen LogP contribution >= 0.6 is 23.2 Å². The largest absolute Gasteiger partial charge is 0.496 e. The molecule has 0 aliphatic carbocycles. The lowest BCUT2D eigenvalue weighted by molar-refractivity contribution is 0.0204. The molecule has 4 nitrogen and oxygen atoms in total. The molecule has 1 amide bonds. The molecule has 2 rings (SSSR count). The van der Waals surface area contributed by atoms with Crippen LogP contribution in [-0.2, 0) is 4.74 Å². The molecule has 1 saturated heterocycles. The number of methoxy groups -OCH3 is 1. The minimum Gasteiger partial charge on any atom is -0.496 e. The Bertz CT molecular complexity index is 576. The van der Waals surface area contributed by atoms with Gasteiger partial charge in [-0.3, -0.25) is 0 Å². The molecule has 0 unspecified atom stereocenters. The Morgan fingerprint density at radius 2 is 1.83 bits per heavy atom. The van der Waals surface area contributed by atoms with Crippen LogP contribution in [0.25, 0.3) is 0 Å². The number of piperidine rings is 1. The number of ether oxygens (including phenoxy) is 2. The highest BCUT2D eigenvalue weighted by Gasteiger charge is 2.30. The molecule has 0 bridgehead atoms. The van der Waals surface area contributed by atoms with Gasteiger partial charge in [0, 0.05) is 18.7 Å². The first-order chi connectivity index (χ1) is 10.7. The van der Waals surface area contributed by atoms with E-state index >= 15 is 0 Å². The first-order valence-corrected chi connectivity index (χ1v) is 8.48. The second-order valence-electron chi connectivity index (χ2n) is 6.72. The van der Waals surface area contributed by atoms with Gasteiger partial charge in [-0.15, -0.1) is 0 Å². The van der Waals surface area contributed by atoms with Crippen LogP contribution in [-0.4, -0.2) is 36.8 Å². The van der Waals surface area contributed by atoms with E-state index in [0.29, 0.717) is 23.1 Å². The Balaban J connectivity index is 2.08. The summed E-state index contributed by atoms with van der Waals surface area (Å²) in [5.41, 5.74) is 0.457. The van der Waals surface area contributed by atoms with E-state index in [1.807, 2.05) is 26.8 Å². The third-order valence-corrected chi connectivity index (χ3v) is 4.69. The van der Waals surface area contributed by atoms with Gasteiger partial charge in [0.05, 0.1) is 17.2 Å². The average Bonchev–Trinajstić information content (AvgIpc) is 2.48. The van der Waals surface area contributed by atoms with Gasteiger partial charge in [-0.2, -0.15) is 0 Å². The lowest BCUT2D eigenvalue weighted by Crippen LogP contribution is -2.41. The molecule has 0 atom stereocenters. The van der Waals surface area contributed by atoms with Crippen LogP contribution in [0.4, 0.5) is 4.79 Å². The molecule has 1 aromatic rings. The molecule has 1 fully saturated rings. The van der Waals surface area contributed by atoms with Gasteiger partial charge in [-0.1, -0.05) is 23.2 Å². The number of carbonyl (C=O) groups excluding carboxylic acids is 1. The minimum atomic E-state index is -0.479. The van der Waals surface area contributed by atoms with E-state index in [1.165, 1.54) is 0 Å². The summed E-state index contributed by atoms with van der Waals surface area (Å²) in [6.07, 6.45) is 1.34. The van der Waals surface area contributed by atoms with Crippen molar-refractivity contribution in [3.63, 3.8) is 0 Å². The second kappa shape index (κ2) is 7.18. The van der Waals surface area contributed by atoms with Crippen LogP contribution in [0.15, 0.2) is 12.1 Å². The number of nitrogens with zero attached hydrogens (tertiary/aromatic N) is 1. The van der Waals surface area contributed by atoms with Gasteiger partial charge in [-0.25, -0.2) is 4.79 Å². The van der Waals surface area contributed by atoms with E-state index in [4.69, 9.17) is 32.7 Å². The van der Waals surface area contributed by atoms with Crippen LogP contribution in [0.2, 0.25) is 10.0 Å². The van der Waals surface area contributed by atoms with Crippen molar-refractivity contribution >= 4 is 29.3 Å². The van der Waals surface area contributed by atoms with Crippen molar-refractivity contribution in [2.24, 2.45) is 0 Å². The highest BCUT2D eigenvalue weighted by Crippen LogP contribution is 2.42. The van der Waals surface area contributed by atoms with E-state index in [0.717, 1.165) is 24.2 Å². The summed E-state index contributed by atoms with van der Waals surface area (Å²) in [5.74, 6) is 0.963. The maximum Gasteiger partial charge on any atom is 0.410 e. The fourth-order valence-electron chi connectivity index (χ4n) is 2.78. The molecule has 0 N–H and O–H groups in total. The Morgan fingerprint density at radius 3 is 2.35 bits per heavy atom. The molecule has 1 aromatic carbocycles. The first-order valence-electron chi connectivity index (χ1n) is 7.72. The molecule has 6 heteroatoms. The molecule has 0 radical (unpaired) electrons. The quantitative estimate of drug-likeness (QED) is 0.735. The lowest BCUT2D eigenvalue weighted by atomic mass is 9.89. The van der Waals surface area contributed by atoms with E-state index in [2.05, 4.69) is 0 Å². The van der Waals surface area contributed by atoms with Gasteiger partial charge >= 0.3 is 6.09 Å². The van der Waals surface area contributed by atoms with Gasteiger partial charge in [0.2, 0.25) is 0 Å². The summed E-state index contributed by atoms with van der Waals surface area (Å²) in [5, 5.41) is 1.07. The zero-order chi connectivity index (χ0) is 17.2. The number of hydrogen-bond acceptors (Lipinski definition) is 3. The van der Waals surface area contributed by atoms with Crippen LogP contribution < -0.4 is 4.74 Å². The van der Waals surface area contributed by atoms with Gasteiger partial charge in [0.25, 0.3) is 0 Å². The standard InChI is InChI=1S/C17H23Cl2NO3/c1-17(2,3)23-16(21)20-9-7-11(8-10-20)14-13(22-4)6-5-12(18)15(14)19/h5-6,11H,7-10H2,1-4H3. The van der Waals surface area contributed by atoms with Gasteiger partial charge in [-0.05, 0) is 51.7 Å². The summed E-state index contributed by atoms with van der Waals surface area (Å²) >= 11 is 12.5. The molecule has 0 spiro atoms. The molecule has 1 heterocycles.